The van der Waals surface area contributed by atoms with Gasteiger partial charge in [-0.05, 0) is 53.3 Å². The fraction of sp³-hybridized carbons (Fsp3) is 0.262. The van der Waals surface area contributed by atoms with Gasteiger partial charge < -0.3 is 35.8 Å². The van der Waals surface area contributed by atoms with E-state index in [2.05, 4.69) is 34.4 Å². The van der Waals surface area contributed by atoms with Crippen molar-refractivity contribution in [1.82, 2.24) is 16.0 Å². The van der Waals surface area contributed by atoms with Crippen molar-refractivity contribution in [2.75, 3.05) is 18.5 Å². The van der Waals surface area contributed by atoms with E-state index in [0.717, 1.165) is 21.9 Å². The van der Waals surface area contributed by atoms with E-state index >= 15 is 0 Å². The minimum atomic E-state index is -1.40. The lowest BCUT2D eigenvalue weighted by atomic mass is 9.98. The molecule has 282 valence electrons. The normalized spacial score (nSPS) is 12.9. The molecule has 12 heteroatoms. The Morgan fingerprint density at radius 1 is 0.685 bits per heavy atom. The van der Waals surface area contributed by atoms with Crippen LogP contribution >= 0.6 is 0 Å². The molecule has 0 heterocycles. The number of allylic oxidation sites excluding steroid dienone is 1. The molecule has 0 radical (unpaired) electrons. The molecule has 54 heavy (non-hydrogen) atoms. The van der Waals surface area contributed by atoms with E-state index in [-0.39, 0.29) is 32.5 Å². The van der Waals surface area contributed by atoms with Crippen molar-refractivity contribution in [3.8, 4) is 0 Å². The molecule has 0 fully saturated rings. The third-order valence-electron chi connectivity index (χ3n) is 8.40. The van der Waals surface area contributed by atoms with E-state index in [1.165, 1.54) is 12.2 Å². The molecule has 4 aromatic rings. The largest absolute Gasteiger partial charge is 0.461 e. The Labute approximate surface area is 314 Å². The highest BCUT2D eigenvalue weighted by atomic mass is 16.6. The predicted octanol–water partition coefficient (Wildman–Crippen LogP) is 4.98. The molecule has 0 aromatic heterocycles. The second-order valence-corrected chi connectivity index (χ2v) is 12.6. The van der Waals surface area contributed by atoms with Gasteiger partial charge in [0.15, 0.2) is 0 Å². The summed E-state index contributed by atoms with van der Waals surface area (Å²) >= 11 is 0. The molecule has 12 nitrogen and oxygen atoms in total. The van der Waals surface area contributed by atoms with Crippen LogP contribution in [0.15, 0.2) is 128 Å². The van der Waals surface area contributed by atoms with Crippen LogP contribution < -0.4 is 21.3 Å². The Kier molecular flexibility index (Phi) is 16.0. The molecular weight excluding hydrogens is 688 g/mol. The molecule has 4 amide bonds. The second kappa shape index (κ2) is 21.3. The van der Waals surface area contributed by atoms with Gasteiger partial charge in [0, 0.05) is 12.1 Å². The molecule has 0 saturated heterocycles. The first-order valence-corrected chi connectivity index (χ1v) is 17.6. The average molecular weight is 735 g/mol. The van der Waals surface area contributed by atoms with Crippen molar-refractivity contribution >= 4 is 46.2 Å². The molecule has 0 saturated carbocycles. The number of anilines is 1. The number of benzene rings is 4. The summed E-state index contributed by atoms with van der Waals surface area (Å²) in [6, 6.07) is 28.0. The van der Waals surface area contributed by atoms with Gasteiger partial charge in [0.2, 0.25) is 11.8 Å². The number of aliphatic hydroxyl groups is 1. The standard InChI is InChI=1S/C42H46N4O8/c1-3-13-33(25-38(48)43-35(26-47)23-29-15-7-5-8-16-29)39(49)45-37(40(50)44-34-22-21-31-19-11-12-20-32(31)24-34)28-53-41(51)36(14-4-2)46-42(52)54-27-30-17-9-6-10-18-30/h3-12,15-22,24,33,35-37,47H,1-2,13-14,23,25-28H2,(H,43,48)(H,44,50)(H,45,49)(H,46,52)/t33-,35+,36+,37-/m0/s1. The summed E-state index contributed by atoms with van der Waals surface area (Å²) < 4.78 is 10.7. The van der Waals surface area contributed by atoms with Crippen LogP contribution in [0.25, 0.3) is 10.8 Å². The molecule has 5 N–H and O–H groups in total. The third kappa shape index (κ3) is 13.1. The maximum atomic E-state index is 13.7. The number of esters is 1. The molecule has 0 aliphatic rings. The Bertz CT molecular complexity index is 1890. The summed E-state index contributed by atoms with van der Waals surface area (Å²) in [5.74, 6) is -3.66. The van der Waals surface area contributed by atoms with Crippen molar-refractivity contribution in [3.05, 3.63) is 140 Å². The highest BCUT2D eigenvalue weighted by Gasteiger charge is 2.30. The van der Waals surface area contributed by atoms with Crippen LogP contribution in [0, 0.1) is 5.92 Å². The SMILES string of the molecule is C=CC[C@@H](CC(=O)N[C@@H](CO)Cc1ccccc1)C(=O)N[C@@H](COC(=O)[C@@H](CC=C)NC(=O)OCc1ccccc1)C(=O)Nc1ccc2ccccc2c1. The van der Waals surface area contributed by atoms with E-state index in [0.29, 0.717) is 12.1 Å². The number of carbonyl (C=O) groups is 5. The van der Waals surface area contributed by atoms with Gasteiger partial charge in [0.05, 0.1) is 18.6 Å². The van der Waals surface area contributed by atoms with Gasteiger partial charge in [0.25, 0.3) is 5.91 Å². The lowest BCUT2D eigenvalue weighted by molar-refractivity contribution is -0.148. The fourth-order valence-corrected chi connectivity index (χ4v) is 5.58. The number of fused-ring (bicyclic) bond motifs is 1. The van der Waals surface area contributed by atoms with E-state index in [9.17, 15) is 29.1 Å². The van der Waals surface area contributed by atoms with Crippen LogP contribution in [0.1, 0.15) is 30.4 Å². The Balaban J connectivity index is 1.45. The molecule has 0 aliphatic carbocycles. The molecular formula is C42H46N4O8. The van der Waals surface area contributed by atoms with Gasteiger partial charge in [-0.1, -0.05) is 103 Å². The topological polar surface area (TPSA) is 172 Å². The number of alkyl carbamates (subject to hydrolysis) is 1. The van der Waals surface area contributed by atoms with Crippen LogP contribution in [0.4, 0.5) is 10.5 Å². The summed E-state index contributed by atoms with van der Waals surface area (Å²) in [7, 11) is 0. The Hall–Kier alpha value is -6.27. The van der Waals surface area contributed by atoms with Gasteiger partial charge in [-0.2, -0.15) is 0 Å². The highest BCUT2D eigenvalue weighted by molar-refractivity contribution is 6.00. The van der Waals surface area contributed by atoms with Gasteiger partial charge >= 0.3 is 12.1 Å². The summed E-state index contributed by atoms with van der Waals surface area (Å²) in [4.78, 5) is 66.2. The summed E-state index contributed by atoms with van der Waals surface area (Å²) in [6.07, 6.45) is 2.25. The minimum absolute atomic E-state index is 0.00475. The highest BCUT2D eigenvalue weighted by Crippen LogP contribution is 2.19. The zero-order valence-electron chi connectivity index (χ0n) is 29.9. The zero-order chi connectivity index (χ0) is 38.7. The molecule has 0 aliphatic heterocycles. The number of hydrogen-bond acceptors (Lipinski definition) is 8. The average Bonchev–Trinajstić information content (AvgIpc) is 3.18. The van der Waals surface area contributed by atoms with Crippen molar-refractivity contribution in [1.29, 1.82) is 0 Å². The maximum absolute atomic E-state index is 13.7. The second-order valence-electron chi connectivity index (χ2n) is 12.6. The first-order valence-electron chi connectivity index (χ1n) is 17.6. The van der Waals surface area contributed by atoms with E-state index in [4.69, 9.17) is 9.47 Å². The number of hydrogen-bond donors (Lipinski definition) is 5. The minimum Gasteiger partial charge on any atom is -0.461 e. The number of carbonyl (C=O) groups excluding carboxylic acids is 5. The number of nitrogens with one attached hydrogen (secondary N) is 4. The smallest absolute Gasteiger partial charge is 0.408 e. The van der Waals surface area contributed by atoms with Crippen molar-refractivity contribution in [3.63, 3.8) is 0 Å². The Morgan fingerprint density at radius 3 is 2.00 bits per heavy atom. The molecule has 0 spiro atoms. The van der Waals surface area contributed by atoms with Crippen LogP contribution in [-0.4, -0.2) is 66.2 Å². The van der Waals surface area contributed by atoms with Crippen LogP contribution in [-0.2, 0) is 41.7 Å². The van der Waals surface area contributed by atoms with Gasteiger partial charge in [0.1, 0.15) is 25.3 Å². The number of amides is 4. The van der Waals surface area contributed by atoms with E-state index in [1.807, 2.05) is 66.7 Å². The number of ether oxygens (including phenoxy) is 2. The molecule has 0 unspecified atom stereocenters. The number of rotatable bonds is 20. The van der Waals surface area contributed by atoms with Gasteiger partial charge in [-0.15, -0.1) is 13.2 Å². The summed E-state index contributed by atoms with van der Waals surface area (Å²) in [5, 5.41) is 22.4. The van der Waals surface area contributed by atoms with E-state index in [1.54, 1.807) is 36.4 Å². The van der Waals surface area contributed by atoms with Gasteiger partial charge in [-0.3, -0.25) is 14.4 Å². The molecule has 4 aromatic carbocycles. The fourth-order valence-electron chi connectivity index (χ4n) is 5.58. The quantitative estimate of drug-likeness (QED) is 0.0625. The first kappa shape index (κ1) is 40.5. The van der Waals surface area contributed by atoms with Crippen molar-refractivity contribution in [2.24, 2.45) is 5.92 Å². The first-order chi connectivity index (χ1) is 26.2. The van der Waals surface area contributed by atoms with Crippen LogP contribution in [0.5, 0.6) is 0 Å². The molecule has 0 bridgehead atoms. The van der Waals surface area contributed by atoms with Crippen LogP contribution in [0.2, 0.25) is 0 Å². The summed E-state index contributed by atoms with van der Waals surface area (Å²) in [6.45, 7) is 6.42. The predicted molar refractivity (Wildman–Crippen MR) is 206 cm³/mol. The zero-order valence-corrected chi connectivity index (χ0v) is 29.9. The molecule has 4 atom stereocenters. The lowest BCUT2D eigenvalue weighted by Gasteiger charge is -2.24. The third-order valence-corrected chi connectivity index (χ3v) is 8.40. The van der Waals surface area contributed by atoms with Crippen molar-refractivity contribution < 1.29 is 38.6 Å². The van der Waals surface area contributed by atoms with Crippen molar-refractivity contribution in [2.45, 2.75) is 50.4 Å². The van der Waals surface area contributed by atoms with Gasteiger partial charge in [-0.25, -0.2) is 9.59 Å². The Morgan fingerprint density at radius 2 is 1.33 bits per heavy atom. The monoisotopic (exact) mass is 734 g/mol. The maximum Gasteiger partial charge on any atom is 0.408 e. The summed E-state index contributed by atoms with van der Waals surface area (Å²) in [5.41, 5.74) is 2.10. The number of aliphatic hydroxyl groups excluding tert-OH is 1. The lowest BCUT2D eigenvalue weighted by Crippen LogP contribution is -2.51. The van der Waals surface area contributed by atoms with E-state index < -0.39 is 60.4 Å². The van der Waals surface area contributed by atoms with Crippen LogP contribution in [0.3, 0.4) is 0 Å². The molecule has 4 rings (SSSR count).